The lowest BCUT2D eigenvalue weighted by molar-refractivity contribution is 0.175. The average Bonchev–Trinajstić information content (AvgIpc) is 2.58. The molecule has 2 heterocycles. The smallest absolute Gasteiger partial charge is 0.0482 e. The van der Waals surface area contributed by atoms with Gasteiger partial charge in [-0.05, 0) is 43.8 Å². The number of anilines is 1. The summed E-state index contributed by atoms with van der Waals surface area (Å²) in [6, 6.07) is 8.26. The summed E-state index contributed by atoms with van der Waals surface area (Å²) in [5.74, 6) is 0. The molecule has 0 spiro atoms. The van der Waals surface area contributed by atoms with Crippen LogP contribution in [0.4, 0.5) is 5.69 Å². The summed E-state index contributed by atoms with van der Waals surface area (Å²) < 4.78 is 2.31. The van der Waals surface area contributed by atoms with Crippen LogP contribution >= 0.6 is 0 Å². The molecule has 2 N–H and O–H groups in total. The molecular weight excluding hydrogens is 198 g/mol. The zero-order chi connectivity index (χ0) is 11.0. The van der Waals surface area contributed by atoms with Crippen molar-refractivity contribution in [3.05, 3.63) is 30.5 Å². The van der Waals surface area contributed by atoms with Gasteiger partial charge in [-0.1, -0.05) is 0 Å². The highest BCUT2D eigenvalue weighted by Crippen LogP contribution is 2.19. The highest BCUT2D eigenvalue weighted by molar-refractivity contribution is 5.83. The SMILES string of the molecule is Nc1ccc2c(ccn2CCN2CCC2)c1. The van der Waals surface area contributed by atoms with Crippen molar-refractivity contribution in [2.24, 2.45) is 0 Å². The predicted octanol–water partition coefficient (Wildman–Crippen LogP) is 1.93. The molecule has 3 nitrogen and oxygen atoms in total. The Kier molecular flexibility index (Phi) is 2.33. The van der Waals surface area contributed by atoms with E-state index in [-0.39, 0.29) is 0 Å². The minimum absolute atomic E-state index is 0.841. The summed E-state index contributed by atoms with van der Waals surface area (Å²) in [7, 11) is 0. The number of fused-ring (bicyclic) bond motifs is 1. The Bertz CT molecular complexity index is 497. The van der Waals surface area contributed by atoms with Crippen molar-refractivity contribution in [2.75, 3.05) is 25.4 Å². The van der Waals surface area contributed by atoms with E-state index < -0.39 is 0 Å². The summed E-state index contributed by atoms with van der Waals surface area (Å²) in [6.45, 7) is 4.78. The summed E-state index contributed by atoms with van der Waals surface area (Å²) in [5, 5.41) is 1.24. The predicted molar refractivity (Wildman–Crippen MR) is 67.4 cm³/mol. The lowest BCUT2D eigenvalue weighted by Crippen LogP contribution is -2.39. The molecule has 3 rings (SSSR count). The fourth-order valence-electron chi connectivity index (χ4n) is 2.27. The van der Waals surface area contributed by atoms with Gasteiger partial charge in [0.1, 0.15) is 0 Å². The Balaban J connectivity index is 1.80. The van der Waals surface area contributed by atoms with Gasteiger partial charge in [-0.3, -0.25) is 0 Å². The van der Waals surface area contributed by atoms with Crippen molar-refractivity contribution in [3.8, 4) is 0 Å². The number of nitrogen functional groups attached to an aromatic ring is 1. The summed E-state index contributed by atoms with van der Waals surface area (Å²) in [5.41, 5.74) is 7.90. The molecule has 1 fully saturated rings. The molecular formula is C13H17N3. The molecule has 0 amide bonds. The molecule has 1 aromatic carbocycles. The topological polar surface area (TPSA) is 34.2 Å². The van der Waals surface area contributed by atoms with E-state index in [4.69, 9.17) is 5.73 Å². The number of likely N-dealkylation sites (tertiary alicyclic amines) is 1. The van der Waals surface area contributed by atoms with Gasteiger partial charge in [-0.2, -0.15) is 0 Å². The van der Waals surface area contributed by atoms with Crippen molar-refractivity contribution in [2.45, 2.75) is 13.0 Å². The minimum Gasteiger partial charge on any atom is -0.399 e. The zero-order valence-electron chi connectivity index (χ0n) is 9.39. The van der Waals surface area contributed by atoms with Crippen LogP contribution < -0.4 is 5.73 Å². The first-order valence-electron chi connectivity index (χ1n) is 5.90. The van der Waals surface area contributed by atoms with Crippen LogP contribution in [0.3, 0.4) is 0 Å². The van der Waals surface area contributed by atoms with Gasteiger partial charge in [0.15, 0.2) is 0 Å². The Labute approximate surface area is 95.5 Å². The van der Waals surface area contributed by atoms with Gasteiger partial charge in [0, 0.05) is 35.9 Å². The second kappa shape index (κ2) is 3.83. The van der Waals surface area contributed by atoms with Crippen LogP contribution in [0.5, 0.6) is 0 Å². The van der Waals surface area contributed by atoms with Gasteiger partial charge in [-0.15, -0.1) is 0 Å². The Morgan fingerprint density at radius 2 is 2.00 bits per heavy atom. The number of nitrogens with two attached hydrogens (primary N) is 1. The fourth-order valence-corrected chi connectivity index (χ4v) is 2.27. The van der Waals surface area contributed by atoms with Gasteiger partial charge >= 0.3 is 0 Å². The normalized spacial score (nSPS) is 16.5. The van der Waals surface area contributed by atoms with Crippen molar-refractivity contribution >= 4 is 16.6 Å². The number of benzene rings is 1. The molecule has 0 aliphatic carbocycles. The van der Waals surface area contributed by atoms with Crippen LogP contribution in [0.2, 0.25) is 0 Å². The molecule has 3 heteroatoms. The lowest BCUT2D eigenvalue weighted by Gasteiger charge is -2.30. The molecule has 1 aliphatic heterocycles. The molecule has 0 radical (unpaired) electrons. The molecule has 16 heavy (non-hydrogen) atoms. The number of aromatic nitrogens is 1. The Hall–Kier alpha value is -1.48. The fraction of sp³-hybridized carbons (Fsp3) is 0.385. The maximum absolute atomic E-state index is 5.77. The molecule has 0 saturated carbocycles. The van der Waals surface area contributed by atoms with Crippen molar-refractivity contribution in [1.82, 2.24) is 9.47 Å². The maximum Gasteiger partial charge on any atom is 0.0482 e. The second-order valence-corrected chi connectivity index (χ2v) is 4.52. The molecule has 1 aromatic heterocycles. The first kappa shape index (κ1) is 9.73. The average molecular weight is 215 g/mol. The van der Waals surface area contributed by atoms with E-state index in [9.17, 15) is 0 Å². The molecule has 84 valence electrons. The van der Waals surface area contributed by atoms with E-state index in [1.165, 1.54) is 30.4 Å². The minimum atomic E-state index is 0.841. The summed E-state index contributed by atoms with van der Waals surface area (Å²) in [6.07, 6.45) is 3.52. The quantitative estimate of drug-likeness (QED) is 0.794. The second-order valence-electron chi connectivity index (χ2n) is 4.52. The Morgan fingerprint density at radius 1 is 1.12 bits per heavy atom. The van der Waals surface area contributed by atoms with Gasteiger partial charge in [0.25, 0.3) is 0 Å². The number of nitrogens with zero attached hydrogens (tertiary/aromatic N) is 2. The zero-order valence-corrected chi connectivity index (χ0v) is 9.39. The standard InChI is InChI=1S/C13H17N3/c14-12-2-3-13-11(10-12)4-7-16(13)9-8-15-5-1-6-15/h2-4,7,10H,1,5-6,8-9,14H2. The first-order chi connectivity index (χ1) is 7.83. The number of hydrogen-bond acceptors (Lipinski definition) is 2. The summed E-state index contributed by atoms with van der Waals surface area (Å²) in [4.78, 5) is 2.49. The van der Waals surface area contributed by atoms with Crippen LogP contribution in [-0.2, 0) is 6.54 Å². The molecule has 0 unspecified atom stereocenters. The van der Waals surface area contributed by atoms with Gasteiger partial charge in [0.05, 0.1) is 0 Å². The highest BCUT2D eigenvalue weighted by Gasteiger charge is 2.13. The summed E-state index contributed by atoms with van der Waals surface area (Å²) >= 11 is 0. The molecule has 1 saturated heterocycles. The number of hydrogen-bond donors (Lipinski definition) is 1. The van der Waals surface area contributed by atoms with Crippen molar-refractivity contribution in [3.63, 3.8) is 0 Å². The molecule has 0 bridgehead atoms. The van der Waals surface area contributed by atoms with Crippen LogP contribution in [0.15, 0.2) is 30.5 Å². The van der Waals surface area contributed by atoms with E-state index in [1.54, 1.807) is 0 Å². The van der Waals surface area contributed by atoms with Crippen LogP contribution in [0.25, 0.3) is 10.9 Å². The van der Waals surface area contributed by atoms with Gasteiger partial charge in [-0.25, -0.2) is 0 Å². The van der Waals surface area contributed by atoms with Crippen LogP contribution in [-0.4, -0.2) is 29.1 Å². The van der Waals surface area contributed by atoms with E-state index >= 15 is 0 Å². The lowest BCUT2D eigenvalue weighted by atomic mass is 10.2. The van der Waals surface area contributed by atoms with Gasteiger partial charge < -0.3 is 15.2 Å². The molecule has 0 atom stereocenters. The third kappa shape index (κ3) is 1.67. The first-order valence-corrected chi connectivity index (χ1v) is 5.90. The highest BCUT2D eigenvalue weighted by atomic mass is 15.2. The van der Waals surface area contributed by atoms with Crippen LogP contribution in [0.1, 0.15) is 6.42 Å². The number of rotatable bonds is 3. The van der Waals surface area contributed by atoms with Crippen LogP contribution in [0, 0.1) is 0 Å². The van der Waals surface area contributed by atoms with E-state index in [0.717, 1.165) is 18.8 Å². The van der Waals surface area contributed by atoms with Gasteiger partial charge in [0.2, 0.25) is 0 Å². The monoisotopic (exact) mass is 215 g/mol. The Morgan fingerprint density at radius 3 is 2.75 bits per heavy atom. The largest absolute Gasteiger partial charge is 0.399 e. The van der Waals surface area contributed by atoms with E-state index in [0.29, 0.717) is 0 Å². The van der Waals surface area contributed by atoms with Crippen molar-refractivity contribution in [1.29, 1.82) is 0 Å². The maximum atomic E-state index is 5.77. The third-order valence-corrected chi connectivity index (χ3v) is 3.40. The molecule has 2 aromatic rings. The van der Waals surface area contributed by atoms with E-state index in [1.807, 2.05) is 12.1 Å². The van der Waals surface area contributed by atoms with Crippen molar-refractivity contribution < 1.29 is 0 Å². The molecule has 1 aliphatic rings. The van der Waals surface area contributed by atoms with E-state index in [2.05, 4.69) is 27.8 Å². The third-order valence-electron chi connectivity index (χ3n) is 3.40.